The average molecular weight is 326 g/mol. The zero-order valence-electron chi connectivity index (χ0n) is 13.6. The molecule has 1 aromatic carbocycles. The number of aromatic nitrogens is 2. The van der Waals surface area contributed by atoms with Crippen LogP contribution in [0.25, 0.3) is 0 Å². The largest absolute Gasteiger partial charge is 0.333 e. The molecule has 1 amide bonds. The number of nitrogens with one attached hydrogen (secondary N) is 2. The van der Waals surface area contributed by atoms with Crippen LogP contribution in [0, 0.1) is 5.92 Å². The molecule has 2 aromatic rings. The molecule has 3 aliphatic heterocycles. The lowest BCUT2D eigenvalue weighted by Gasteiger charge is -2.35. The SMILES string of the molecule is O=C(c1c[nH]c(=O)[nH]1)N1C[C@H]2CC[C@@H]1CN(Cc1ccccc1)C2. The fraction of sp³-hybridized carbons (Fsp3) is 0.444. The number of hydrogen-bond acceptors (Lipinski definition) is 3. The number of nitrogens with zero attached hydrogens (tertiary/aromatic N) is 2. The monoisotopic (exact) mass is 326 g/mol. The molecule has 0 unspecified atom stereocenters. The van der Waals surface area contributed by atoms with Gasteiger partial charge in [0.1, 0.15) is 5.69 Å². The van der Waals surface area contributed by atoms with Crippen LogP contribution in [-0.2, 0) is 6.54 Å². The van der Waals surface area contributed by atoms with Crippen molar-refractivity contribution >= 4 is 5.91 Å². The van der Waals surface area contributed by atoms with Crippen molar-refractivity contribution in [3.05, 3.63) is 58.3 Å². The number of fused-ring (bicyclic) bond motifs is 4. The zero-order chi connectivity index (χ0) is 16.5. The molecule has 0 aliphatic carbocycles. The van der Waals surface area contributed by atoms with Gasteiger partial charge in [0.05, 0.1) is 0 Å². The van der Waals surface area contributed by atoms with Gasteiger partial charge in [0.25, 0.3) is 5.91 Å². The molecule has 126 valence electrons. The van der Waals surface area contributed by atoms with Crippen LogP contribution in [0.2, 0.25) is 0 Å². The number of amides is 1. The Hall–Kier alpha value is -2.34. The van der Waals surface area contributed by atoms with Crippen LogP contribution >= 0.6 is 0 Å². The first kappa shape index (κ1) is 15.2. The van der Waals surface area contributed by atoms with E-state index < -0.39 is 0 Å². The third-order valence-corrected chi connectivity index (χ3v) is 5.13. The summed E-state index contributed by atoms with van der Waals surface area (Å²) in [5.74, 6) is 0.437. The molecule has 0 spiro atoms. The molecule has 0 radical (unpaired) electrons. The minimum Gasteiger partial charge on any atom is -0.333 e. The standard InChI is InChI=1S/C18H22N4O2/c23-17(16-8-19-18(24)20-16)22-11-14-6-7-15(22)12-21(10-14)9-13-4-2-1-3-5-13/h1-5,8,14-15H,6-7,9-12H2,(H2,19,20,24)/t14-,15+/m0/s1. The minimum atomic E-state index is -0.330. The van der Waals surface area contributed by atoms with Crippen LogP contribution in [0.5, 0.6) is 0 Å². The molecule has 5 rings (SSSR count). The fourth-order valence-electron chi connectivity index (χ4n) is 4.00. The highest BCUT2D eigenvalue weighted by Gasteiger charge is 2.37. The van der Waals surface area contributed by atoms with Crippen LogP contribution in [0.3, 0.4) is 0 Å². The van der Waals surface area contributed by atoms with E-state index in [1.54, 1.807) is 0 Å². The van der Waals surface area contributed by atoms with Gasteiger partial charge in [-0.15, -0.1) is 0 Å². The zero-order valence-corrected chi connectivity index (χ0v) is 13.6. The Morgan fingerprint density at radius 2 is 1.96 bits per heavy atom. The van der Waals surface area contributed by atoms with Crippen molar-refractivity contribution in [2.75, 3.05) is 19.6 Å². The summed E-state index contributed by atoms with van der Waals surface area (Å²) in [6.45, 7) is 3.63. The summed E-state index contributed by atoms with van der Waals surface area (Å²) in [6, 6.07) is 10.7. The number of imidazole rings is 1. The summed E-state index contributed by atoms with van der Waals surface area (Å²) in [4.78, 5) is 33.5. The van der Waals surface area contributed by atoms with E-state index in [0.29, 0.717) is 11.6 Å². The molecule has 3 aliphatic rings. The Labute approximate surface area is 140 Å². The maximum Gasteiger partial charge on any atom is 0.323 e. The first-order valence-electron chi connectivity index (χ1n) is 8.54. The molecular weight excluding hydrogens is 304 g/mol. The summed E-state index contributed by atoms with van der Waals surface area (Å²) in [5.41, 5.74) is 1.35. The molecule has 6 heteroatoms. The van der Waals surface area contributed by atoms with E-state index in [2.05, 4.69) is 39.1 Å². The van der Waals surface area contributed by atoms with Gasteiger partial charge in [-0.2, -0.15) is 0 Å². The Morgan fingerprint density at radius 1 is 1.12 bits per heavy atom. The lowest BCUT2D eigenvalue weighted by molar-refractivity contribution is 0.0579. The second kappa shape index (κ2) is 6.28. The Bertz CT molecular complexity index is 767. The van der Waals surface area contributed by atoms with E-state index in [0.717, 1.165) is 32.6 Å². The van der Waals surface area contributed by atoms with Crippen LogP contribution in [0.4, 0.5) is 0 Å². The molecule has 4 heterocycles. The Morgan fingerprint density at radius 3 is 2.71 bits per heavy atom. The van der Waals surface area contributed by atoms with E-state index in [4.69, 9.17) is 0 Å². The maximum atomic E-state index is 12.7. The fourth-order valence-corrected chi connectivity index (χ4v) is 4.00. The lowest BCUT2D eigenvalue weighted by atomic mass is 9.95. The van der Waals surface area contributed by atoms with Gasteiger partial charge >= 0.3 is 5.69 Å². The van der Waals surface area contributed by atoms with Crippen molar-refractivity contribution in [2.45, 2.75) is 25.4 Å². The molecule has 0 saturated carbocycles. The smallest absolute Gasteiger partial charge is 0.323 e. The van der Waals surface area contributed by atoms with Gasteiger partial charge in [-0.3, -0.25) is 9.69 Å². The highest BCUT2D eigenvalue weighted by Crippen LogP contribution is 2.29. The van der Waals surface area contributed by atoms with Crippen molar-refractivity contribution in [2.24, 2.45) is 5.92 Å². The summed E-state index contributed by atoms with van der Waals surface area (Å²) < 4.78 is 0. The number of aromatic amines is 2. The molecule has 2 bridgehead atoms. The molecule has 2 atom stereocenters. The van der Waals surface area contributed by atoms with Crippen LogP contribution in [0.15, 0.2) is 41.3 Å². The van der Waals surface area contributed by atoms with Crippen molar-refractivity contribution in [1.29, 1.82) is 0 Å². The van der Waals surface area contributed by atoms with Crippen LogP contribution < -0.4 is 5.69 Å². The van der Waals surface area contributed by atoms with Crippen molar-refractivity contribution < 1.29 is 4.79 Å². The third kappa shape index (κ3) is 3.01. The summed E-state index contributed by atoms with van der Waals surface area (Å²) >= 11 is 0. The minimum absolute atomic E-state index is 0.0652. The quantitative estimate of drug-likeness (QED) is 0.896. The molecule has 6 nitrogen and oxygen atoms in total. The van der Waals surface area contributed by atoms with E-state index in [1.165, 1.54) is 18.2 Å². The third-order valence-electron chi connectivity index (χ3n) is 5.13. The second-order valence-electron chi connectivity index (χ2n) is 6.89. The van der Waals surface area contributed by atoms with E-state index >= 15 is 0 Å². The number of carbonyl (C=O) groups is 1. The number of piperidine rings is 1. The Kier molecular flexibility index (Phi) is 3.98. The first-order valence-corrected chi connectivity index (χ1v) is 8.54. The molecule has 2 N–H and O–H groups in total. The predicted molar refractivity (Wildman–Crippen MR) is 90.7 cm³/mol. The highest BCUT2D eigenvalue weighted by atomic mass is 16.2. The maximum absolute atomic E-state index is 12.7. The Balaban J connectivity index is 1.50. The molecule has 24 heavy (non-hydrogen) atoms. The summed E-state index contributed by atoms with van der Waals surface area (Å²) in [7, 11) is 0. The van der Waals surface area contributed by atoms with Gasteiger partial charge in [-0.25, -0.2) is 4.79 Å². The molecule has 3 saturated heterocycles. The summed E-state index contributed by atoms with van der Waals surface area (Å²) in [6.07, 6.45) is 3.69. The second-order valence-corrected chi connectivity index (χ2v) is 6.89. The topological polar surface area (TPSA) is 72.2 Å². The van der Waals surface area contributed by atoms with E-state index in [9.17, 15) is 9.59 Å². The van der Waals surface area contributed by atoms with Gasteiger partial charge in [-0.05, 0) is 24.3 Å². The van der Waals surface area contributed by atoms with Crippen LogP contribution in [0.1, 0.15) is 28.9 Å². The summed E-state index contributed by atoms with van der Waals surface area (Å²) in [5, 5.41) is 0. The van der Waals surface area contributed by atoms with Crippen molar-refractivity contribution in [1.82, 2.24) is 19.8 Å². The number of H-pyrrole nitrogens is 2. The number of hydrogen-bond donors (Lipinski definition) is 2. The average Bonchev–Trinajstić information content (AvgIpc) is 2.84. The van der Waals surface area contributed by atoms with Gasteiger partial charge in [-0.1, -0.05) is 30.3 Å². The first-order chi connectivity index (χ1) is 11.7. The highest BCUT2D eigenvalue weighted by molar-refractivity contribution is 5.92. The van der Waals surface area contributed by atoms with E-state index in [1.807, 2.05) is 11.0 Å². The van der Waals surface area contributed by atoms with E-state index in [-0.39, 0.29) is 17.6 Å². The molecule has 1 aromatic heterocycles. The van der Waals surface area contributed by atoms with Crippen molar-refractivity contribution in [3.63, 3.8) is 0 Å². The predicted octanol–water partition coefficient (Wildman–Crippen LogP) is 1.44. The molecular formula is C18H22N4O2. The van der Waals surface area contributed by atoms with Gasteiger partial charge in [0, 0.05) is 38.4 Å². The lowest BCUT2D eigenvalue weighted by Crippen LogP contribution is -2.47. The van der Waals surface area contributed by atoms with Gasteiger partial charge < -0.3 is 14.9 Å². The van der Waals surface area contributed by atoms with Gasteiger partial charge in [0.15, 0.2) is 0 Å². The van der Waals surface area contributed by atoms with Crippen molar-refractivity contribution in [3.8, 4) is 0 Å². The number of rotatable bonds is 3. The van der Waals surface area contributed by atoms with Crippen LogP contribution in [-0.4, -0.2) is 51.4 Å². The number of benzene rings is 1. The molecule has 3 fully saturated rings. The van der Waals surface area contributed by atoms with Gasteiger partial charge in [0.2, 0.25) is 0 Å². The normalized spacial score (nSPS) is 24.1. The number of carbonyl (C=O) groups excluding carboxylic acids is 1.